The predicted octanol–water partition coefficient (Wildman–Crippen LogP) is 2.98. The second-order valence-electron chi connectivity index (χ2n) is 7.90. The molecule has 0 radical (unpaired) electrons. The Kier molecular flexibility index (Phi) is 4.71. The first kappa shape index (κ1) is 18.7. The van der Waals surface area contributed by atoms with Crippen LogP contribution in [0.3, 0.4) is 0 Å². The number of amides is 1. The van der Waals surface area contributed by atoms with Gasteiger partial charge < -0.3 is 5.32 Å². The molecule has 2 aliphatic rings. The van der Waals surface area contributed by atoms with E-state index in [4.69, 9.17) is 0 Å². The summed E-state index contributed by atoms with van der Waals surface area (Å²) in [6.45, 7) is 2.50. The number of nitrogens with zero attached hydrogens (tertiary/aromatic N) is 5. The Balaban J connectivity index is 1.33. The van der Waals surface area contributed by atoms with E-state index in [1.54, 1.807) is 18.5 Å². The summed E-state index contributed by atoms with van der Waals surface area (Å²) in [7, 11) is 0. The van der Waals surface area contributed by atoms with Crippen molar-refractivity contribution >= 4 is 11.6 Å². The number of halogens is 1. The summed E-state index contributed by atoms with van der Waals surface area (Å²) >= 11 is 0. The lowest BCUT2D eigenvalue weighted by molar-refractivity contribution is -0.121. The largest absolute Gasteiger partial charge is 0.325 e. The number of hydrogen-bond acceptors (Lipinski definition) is 6. The molecule has 1 saturated heterocycles. The third-order valence-corrected chi connectivity index (χ3v) is 5.85. The minimum atomic E-state index is -0.483. The summed E-state index contributed by atoms with van der Waals surface area (Å²) in [5, 5.41) is 3.04. The standard InChI is InChI=1S/C22H21FN6O/c1-13-3-4-16(9-17(13)21-26-10-15(23)11-27-21)28-22(30)19-8-14-7-18(14)29(19)12-20-24-5-2-6-25-20/h2-6,9-11,14,18-19H,7-8,12H2,1H3,(H,28,30)/t14-,18?,19?/m1/s1. The second-order valence-corrected chi connectivity index (χ2v) is 7.90. The third kappa shape index (κ3) is 3.66. The molecule has 5 rings (SSSR count). The lowest BCUT2D eigenvalue weighted by Gasteiger charge is -2.26. The van der Waals surface area contributed by atoms with Gasteiger partial charge in [-0.25, -0.2) is 24.3 Å². The Morgan fingerprint density at radius 1 is 1.17 bits per heavy atom. The molecule has 1 aromatic carbocycles. The molecule has 2 unspecified atom stereocenters. The molecule has 1 aliphatic heterocycles. The fourth-order valence-electron chi connectivity index (χ4n) is 4.22. The number of fused-ring (bicyclic) bond motifs is 1. The number of piperidine rings is 1. The zero-order valence-electron chi connectivity index (χ0n) is 16.5. The normalized spacial score (nSPS) is 22.5. The van der Waals surface area contributed by atoms with Crippen LogP contribution in [0.25, 0.3) is 11.4 Å². The van der Waals surface area contributed by atoms with E-state index in [9.17, 15) is 9.18 Å². The molecule has 7 nitrogen and oxygen atoms in total. The van der Waals surface area contributed by atoms with Gasteiger partial charge in [0.25, 0.3) is 0 Å². The summed E-state index contributed by atoms with van der Waals surface area (Å²) in [5.41, 5.74) is 2.38. The number of rotatable bonds is 5. The molecule has 2 fully saturated rings. The average molecular weight is 404 g/mol. The summed E-state index contributed by atoms with van der Waals surface area (Å²) in [6.07, 6.45) is 7.71. The van der Waals surface area contributed by atoms with E-state index in [2.05, 4.69) is 30.2 Å². The maximum absolute atomic E-state index is 13.2. The van der Waals surface area contributed by atoms with Gasteiger partial charge in [-0.3, -0.25) is 9.69 Å². The first-order chi connectivity index (χ1) is 14.6. The molecular weight excluding hydrogens is 383 g/mol. The number of anilines is 1. The van der Waals surface area contributed by atoms with Gasteiger partial charge in [-0.2, -0.15) is 0 Å². The molecular formula is C22H21FN6O. The van der Waals surface area contributed by atoms with Gasteiger partial charge in [0, 0.05) is 29.7 Å². The monoisotopic (exact) mass is 404 g/mol. The highest BCUT2D eigenvalue weighted by molar-refractivity contribution is 5.95. The number of aromatic nitrogens is 4. The van der Waals surface area contributed by atoms with Crippen LogP contribution in [-0.4, -0.2) is 42.8 Å². The highest BCUT2D eigenvalue weighted by Crippen LogP contribution is 2.48. The van der Waals surface area contributed by atoms with Gasteiger partial charge in [0.2, 0.25) is 5.91 Å². The van der Waals surface area contributed by atoms with Crippen molar-refractivity contribution in [3.8, 4) is 11.4 Å². The van der Waals surface area contributed by atoms with Gasteiger partial charge in [-0.05, 0) is 49.4 Å². The molecule has 3 aromatic rings. The van der Waals surface area contributed by atoms with Crippen LogP contribution in [0, 0.1) is 18.7 Å². The Bertz CT molecular complexity index is 1070. The van der Waals surface area contributed by atoms with E-state index in [-0.39, 0.29) is 11.9 Å². The van der Waals surface area contributed by atoms with Crippen molar-refractivity contribution < 1.29 is 9.18 Å². The second kappa shape index (κ2) is 7.53. The fourth-order valence-corrected chi connectivity index (χ4v) is 4.22. The van der Waals surface area contributed by atoms with Gasteiger partial charge in [0.15, 0.2) is 11.6 Å². The minimum Gasteiger partial charge on any atom is -0.325 e. The summed E-state index contributed by atoms with van der Waals surface area (Å²) in [4.78, 5) is 32.0. The number of carbonyl (C=O) groups excluding carboxylic acids is 1. The number of nitrogens with one attached hydrogen (secondary N) is 1. The van der Waals surface area contributed by atoms with Crippen molar-refractivity contribution in [1.29, 1.82) is 0 Å². The molecule has 1 N–H and O–H groups in total. The quantitative estimate of drug-likeness (QED) is 0.704. The summed E-state index contributed by atoms with van der Waals surface area (Å²) in [6, 6.07) is 7.62. The van der Waals surface area contributed by atoms with Crippen molar-refractivity contribution in [2.45, 2.75) is 38.4 Å². The van der Waals surface area contributed by atoms with Gasteiger partial charge in [0.05, 0.1) is 25.0 Å². The molecule has 1 aliphatic carbocycles. The number of benzene rings is 1. The Hall–Kier alpha value is -3.26. The predicted molar refractivity (Wildman–Crippen MR) is 109 cm³/mol. The molecule has 30 heavy (non-hydrogen) atoms. The van der Waals surface area contributed by atoms with Gasteiger partial charge in [-0.1, -0.05) is 6.07 Å². The van der Waals surface area contributed by atoms with Crippen LogP contribution >= 0.6 is 0 Å². The van der Waals surface area contributed by atoms with Crippen LogP contribution in [0.2, 0.25) is 0 Å². The van der Waals surface area contributed by atoms with Crippen molar-refractivity contribution in [2.75, 3.05) is 5.32 Å². The smallest absolute Gasteiger partial charge is 0.241 e. The van der Waals surface area contributed by atoms with Crippen LogP contribution < -0.4 is 5.32 Å². The summed E-state index contributed by atoms with van der Waals surface area (Å²) < 4.78 is 13.2. The molecule has 0 bridgehead atoms. The fraction of sp³-hybridized carbons (Fsp3) is 0.318. The van der Waals surface area contributed by atoms with Crippen LogP contribution in [0.1, 0.15) is 24.2 Å². The molecule has 3 heterocycles. The van der Waals surface area contributed by atoms with Crippen molar-refractivity contribution in [3.05, 3.63) is 66.3 Å². The number of aryl methyl sites for hydroxylation is 1. The third-order valence-electron chi connectivity index (χ3n) is 5.85. The number of carbonyl (C=O) groups is 1. The van der Waals surface area contributed by atoms with Crippen LogP contribution in [-0.2, 0) is 11.3 Å². The maximum Gasteiger partial charge on any atom is 0.241 e. The lowest BCUT2D eigenvalue weighted by Crippen LogP contribution is -2.41. The first-order valence-corrected chi connectivity index (χ1v) is 9.99. The van der Waals surface area contributed by atoms with Gasteiger partial charge in [-0.15, -0.1) is 0 Å². The van der Waals surface area contributed by atoms with Gasteiger partial charge >= 0.3 is 0 Å². The molecule has 1 amide bonds. The Labute approximate surface area is 173 Å². The highest BCUT2D eigenvalue weighted by Gasteiger charge is 2.54. The van der Waals surface area contributed by atoms with E-state index < -0.39 is 5.82 Å². The van der Waals surface area contributed by atoms with E-state index in [0.717, 1.165) is 42.2 Å². The van der Waals surface area contributed by atoms with Crippen molar-refractivity contribution in [2.24, 2.45) is 5.92 Å². The van der Waals surface area contributed by atoms with Crippen molar-refractivity contribution in [3.63, 3.8) is 0 Å². The molecule has 1 saturated carbocycles. The Morgan fingerprint density at radius 2 is 1.93 bits per heavy atom. The average Bonchev–Trinajstić information content (AvgIpc) is 3.44. The van der Waals surface area contributed by atoms with Crippen LogP contribution in [0.15, 0.2) is 49.1 Å². The number of likely N-dealkylation sites (tertiary alicyclic amines) is 1. The van der Waals surface area contributed by atoms with Crippen molar-refractivity contribution in [1.82, 2.24) is 24.8 Å². The van der Waals surface area contributed by atoms with E-state index in [1.165, 1.54) is 0 Å². The van der Waals surface area contributed by atoms with Crippen LogP contribution in [0.5, 0.6) is 0 Å². The summed E-state index contributed by atoms with van der Waals surface area (Å²) in [5.74, 6) is 1.21. The topological polar surface area (TPSA) is 83.9 Å². The van der Waals surface area contributed by atoms with E-state index in [1.807, 2.05) is 25.1 Å². The SMILES string of the molecule is Cc1ccc(NC(=O)C2C[C@H]3CC3N2Cc2ncccn2)cc1-c1ncc(F)cn1. The maximum atomic E-state index is 13.2. The van der Waals surface area contributed by atoms with E-state index >= 15 is 0 Å². The molecule has 152 valence electrons. The molecule has 8 heteroatoms. The van der Waals surface area contributed by atoms with E-state index in [0.29, 0.717) is 30.0 Å². The zero-order chi connectivity index (χ0) is 20.7. The Morgan fingerprint density at radius 3 is 2.70 bits per heavy atom. The first-order valence-electron chi connectivity index (χ1n) is 9.99. The molecule has 3 atom stereocenters. The zero-order valence-corrected chi connectivity index (χ0v) is 16.5. The lowest BCUT2D eigenvalue weighted by atomic mass is 10.1. The highest BCUT2D eigenvalue weighted by atomic mass is 19.1. The minimum absolute atomic E-state index is 0.0343. The molecule has 0 spiro atoms. The van der Waals surface area contributed by atoms with Crippen LogP contribution in [0.4, 0.5) is 10.1 Å². The molecule has 2 aromatic heterocycles. The number of hydrogen-bond donors (Lipinski definition) is 1. The van der Waals surface area contributed by atoms with Gasteiger partial charge in [0.1, 0.15) is 5.82 Å².